The Morgan fingerprint density at radius 1 is 1.56 bits per heavy atom. The van der Waals surface area contributed by atoms with Crippen molar-refractivity contribution >= 4 is 29.0 Å². The highest BCUT2D eigenvalue weighted by molar-refractivity contribution is 7.99. The molecule has 98 valence electrons. The number of anilines is 1. The van der Waals surface area contributed by atoms with Gasteiger partial charge in [0.15, 0.2) is 0 Å². The van der Waals surface area contributed by atoms with Gasteiger partial charge in [-0.3, -0.25) is 14.9 Å². The molecule has 0 bridgehead atoms. The van der Waals surface area contributed by atoms with Crippen LogP contribution in [0.15, 0.2) is 18.2 Å². The summed E-state index contributed by atoms with van der Waals surface area (Å²) in [4.78, 5) is 21.9. The van der Waals surface area contributed by atoms with Crippen LogP contribution >= 0.6 is 11.8 Å². The number of nitrogens with one attached hydrogen (secondary N) is 1. The average Bonchev–Trinajstić information content (AvgIpc) is 2.31. The second-order valence-electron chi connectivity index (χ2n) is 3.67. The van der Waals surface area contributed by atoms with E-state index in [2.05, 4.69) is 5.32 Å². The molecule has 1 aromatic carbocycles. The molecule has 1 rings (SSSR count). The molecule has 0 aliphatic heterocycles. The largest absolute Gasteiger partial charge is 0.330 e. The minimum Gasteiger partial charge on any atom is -0.330 e. The normalized spacial score (nSPS) is 10.1. The minimum atomic E-state index is -0.504. The van der Waals surface area contributed by atoms with Crippen LogP contribution < -0.4 is 11.1 Å². The van der Waals surface area contributed by atoms with Gasteiger partial charge in [0.2, 0.25) is 5.91 Å². The summed E-state index contributed by atoms with van der Waals surface area (Å²) < 4.78 is 0. The smallest absolute Gasteiger partial charge is 0.293 e. The van der Waals surface area contributed by atoms with Crippen LogP contribution in [-0.4, -0.2) is 28.9 Å². The number of amides is 1. The Kier molecular flexibility index (Phi) is 5.60. The number of hydrogen-bond donors (Lipinski definition) is 2. The van der Waals surface area contributed by atoms with E-state index in [4.69, 9.17) is 5.73 Å². The lowest BCUT2D eigenvalue weighted by Gasteiger charge is -2.06. The zero-order valence-electron chi connectivity index (χ0n) is 10.0. The number of nitrogens with zero attached hydrogens (tertiary/aromatic N) is 1. The summed E-state index contributed by atoms with van der Waals surface area (Å²) in [6.45, 7) is 2.26. The van der Waals surface area contributed by atoms with Gasteiger partial charge in [0.25, 0.3) is 5.69 Å². The first-order chi connectivity index (χ1) is 8.54. The van der Waals surface area contributed by atoms with Crippen LogP contribution in [0.4, 0.5) is 11.4 Å². The second kappa shape index (κ2) is 6.97. The zero-order chi connectivity index (χ0) is 13.5. The van der Waals surface area contributed by atoms with Crippen molar-refractivity contribution in [1.29, 1.82) is 0 Å². The van der Waals surface area contributed by atoms with E-state index in [1.807, 2.05) is 0 Å². The molecule has 6 nitrogen and oxygen atoms in total. The number of aryl methyl sites for hydroxylation is 1. The number of benzene rings is 1. The van der Waals surface area contributed by atoms with Gasteiger partial charge in [0, 0.05) is 18.4 Å². The van der Waals surface area contributed by atoms with Crippen LogP contribution in [0.1, 0.15) is 5.56 Å². The Morgan fingerprint density at radius 3 is 2.89 bits per heavy atom. The van der Waals surface area contributed by atoms with Crippen LogP contribution in [0.5, 0.6) is 0 Å². The van der Waals surface area contributed by atoms with Crippen molar-refractivity contribution < 1.29 is 9.72 Å². The zero-order valence-corrected chi connectivity index (χ0v) is 10.8. The van der Waals surface area contributed by atoms with E-state index in [1.54, 1.807) is 19.1 Å². The first-order valence-electron chi connectivity index (χ1n) is 5.37. The molecule has 0 saturated heterocycles. The molecule has 0 aromatic heterocycles. The van der Waals surface area contributed by atoms with E-state index in [-0.39, 0.29) is 23.0 Å². The molecule has 7 heteroatoms. The number of nitrogens with two attached hydrogens (primary N) is 1. The molecule has 0 radical (unpaired) electrons. The van der Waals surface area contributed by atoms with Crippen molar-refractivity contribution in [2.45, 2.75) is 6.92 Å². The molecule has 0 atom stereocenters. The highest BCUT2D eigenvalue weighted by atomic mass is 32.2. The Balaban J connectivity index is 2.72. The molecule has 0 aliphatic carbocycles. The third-order valence-corrected chi connectivity index (χ3v) is 3.11. The number of thioether (sulfide) groups is 1. The molecule has 0 aliphatic rings. The predicted molar refractivity (Wildman–Crippen MR) is 72.8 cm³/mol. The summed E-state index contributed by atoms with van der Waals surface area (Å²) in [7, 11) is 0. The summed E-state index contributed by atoms with van der Waals surface area (Å²) in [5.74, 6) is 0.659. The van der Waals surface area contributed by atoms with E-state index in [0.717, 1.165) is 5.56 Å². The van der Waals surface area contributed by atoms with Crippen LogP contribution in [0, 0.1) is 17.0 Å². The number of nitro benzene ring substituents is 1. The van der Waals surface area contributed by atoms with Gasteiger partial charge in [-0.05, 0) is 18.6 Å². The summed E-state index contributed by atoms with van der Waals surface area (Å²) in [6.07, 6.45) is 0. The number of carbonyl (C=O) groups excluding carboxylic acids is 1. The van der Waals surface area contributed by atoms with Gasteiger partial charge in [-0.25, -0.2) is 0 Å². The highest BCUT2D eigenvalue weighted by Gasteiger charge is 2.15. The quantitative estimate of drug-likeness (QED) is 0.463. The van der Waals surface area contributed by atoms with E-state index < -0.39 is 4.92 Å². The third kappa shape index (κ3) is 4.34. The molecule has 1 aromatic rings. The van der Waals surface area contributed by atoms with Crippen molar-refractivity contribution in [3.05, 3.63) is 33.9 Å². The van der Waals surface area contributed by atoms with Gasteiger partial charge in [-0.1, -0.05) is 6.07 Å². The first kappa shape index (κ1) is 14.5. The van der Waals surface area contributed by atoms with Crippen LogP contribution in [0.2, 0.25) is 0 Å². The molecular weight excluding hydrogens is 254 g/mol. The Morgan fingerprint density at radius 2 is 2.28 bits per heavy atom. The Hall–Kier alpha value is -1.60. The fraction of sp³-hybridized carbons (Fsp3) is 0.364. The number of rotatable bonds is 6. The number of nitro groups is 1. The summed E-state index contributed by atoms with van der Waals surface area (Å²) >= 11 is 1.39. The monoisotopic (exact) mass is 269 g/mol. The van der Waals surface area contributed by atoms with E-state index in [0.29, 0.717) is 12.3 Å². The fourth-order valence-corrected chi connectivity index (χ4v) is 1.90. The van der Waals surface area contributed by atoms with Crippen LogP contribution in [0.3, 0.4) is 0 Å². The third-order valence-electron chi connectivity index (χ3n) is 2.12. The van der Waals surface area contributed by atoms with E-state index >= 15 is 0 Å². The van der Waals surface area contributed by atoms with E-state index in [9.17, 15) is 14.9 Å². The lowest BCUT2D eigenvalue weighted by Crippen LogP contribution is -2.16. The lowest BCUT2D eigenvalue weighted by molar-refractivity contribution is -0.384. The van der Waals surface area contributed by atoms with Gasteiger partial charge in [-0.2, -0.15) is 11.8 Å². The maximum atomic E-state index is 11.6. The minimum absolute atomic E-state index is 0.0906. The SMILES string of the molecule is Cc1ccc(NC(=O)CSCCN)c([N+](=O)[O-])c1. The van der Waals surface area contributed by atoms with Gasteiger partial charge in [0.1, 0.15) is 5.69 Å². The molecule has 0 saturated carbocycles. The van der Waals surface area contributed by atoms with Crippen molar-refractivity contribution in [2.75, 3.05) is 23.4 Å². The van der Waals surface area contributed by atoms with Gasteiger partial charge in [-0.15, -0.1) is 0 Å². The molecule has 1 amide bonds. The van der Waals surface area contributed by atoms with Gasteiger partial charge in [0.05, 0.1) is 10.7 Å². The molecular formula is C11H15N3O3S. The van der Waals surface area contributed by atoms with E-state index in [1.165, 1.54) is 17.8 Å². The predicted octanol–water partition coefficient (Wildman–Crippen LogP) is 1.53. The van der Waals surface area contributed by atoms with Gasteiger partial charge < -0.3 is 11.1 Å². The molecule has 0 spiro atoms. The second-order valence-corrected chi connectivity index (χ2v) is 4.77. The fourth-order valence-electron chi connectivity index (χ4n) is 1.33. The van der Waals surface area contributed by atoms with Crippen LogP contribution in [0.25, 0.3) is 0 Å². The summed E-state index contributed by atoms with van der Waals surface area (Å²) in [6, 6.07) is 4.69. The molecule has 0 fully saturated rings. The summed E-state index contributed by atoms with van der Waals surface area (Å²) in [5.41, 5.74) is 6.22. The maximum Gasteiger partial charge on any atom is 0.293 e. The summed E-state index contributed by atoms with van der Waals surface area (Å²) in [5, 5.41) is 13.4. The first-order valence-corrected chi connectivity index (χ1v) is 6.52. The molecule has 0 heterocycles. The lowest BCUT2D eigenvalue weighted by atomic mass is 10.2. The topological polar surface area (TPSA) is 98.3 Å². The number of carbonyl (C=O) groups is 1. The Labute approximate surface area is 109 Å². The highest BCUT2D eigenvalue weighted by Crippen LogP contribution is 2.25. The number of hydrogen-bond acceptors (Lipinski definition) is 5. The molecule has 0 unspecified atom stereocenters. The van der Waals surface area contributed by atoms with Crippen LogP contribution in [-0.2, 0) is 4.79 Å². The Bertz CT molecular complexity index is 451. The maximum absolute atomic E-state index is 11.6. The standard InChI is InChI=1S/C11H15N3O3S/c1-8-2-3-9(10(6-8)14(16)17)13-11(15)7-18-5-4-12/h2-3,6H,4-5,7,12H2,1H3,(H,13,15). The van der Waals surface area contributed by atoms with Crippen molar-refractivity contribution in [2.24, 2.45) is 5.73 Å². The van der Waals surface area contributed by atoms with Crippen molar-refractivity contribution in [3.8, 4) is 0 Å². The molecule has 3 N–H and O–H groups in total. The average molecular weight is 269 g/mol. The van der Waals surface area contributed by atoms with Crippen molar-refractivity contribution in [3.63, 3.8) is 0 Å². The van der Waals surface area contributed by atoms with Gasteiger partial charge >= 0.3 is 0 Å². The van der Waals surface area contributed by atoms with Crippen molar-refractivity contribution in [1.82, 2.24) is 0 Å². The molecule has 18 heavy (non-hydrogen) atoms.